The Balaban J connectivity index is 1.52. The number of rotatable bonds is 10. The third kappa shape index (κ3) is 6.71. The van der Waals surface area contributed by atoms with Gasteiger partial charge in [0.25, 0.3) is 11.8 Å². The minimum absolute atomic E-state index is 0.178. The van der Waals surface area contributed by atoms with Crippen LogP contribution < -0.4 is 29.2 Å². The molecule has 0 bridgehead atoms. The van der Waals surface area contributed by atoms with Gasteiger partial charge >= 0.3 is 6.03 Å². The van der Waals surface area contributed by atoms with E-state index < -0.39 is 17.8 Å². The molecular weight excluding hydrogens is 592 g/mol. The molecule has 4 rings (SSSR count). The van der Waals surface area contributed by atoms with Crippen molar-refractivity contribution in [3.8, 4) is 23.0 Å². The van der Waals surface area contributed by atoms with Crippen molar-refractivity contribution in [2.24, 2.45) is 0 Å². The van der Waals surface area contributed by atoms with Gasteiger partial charge in [0.2, 0.25) is 0 Å². The van der Waals surface area contributed by atoms with E-state index >= 15 is 0 Å². The van der Waals surface area contributed by atoms with E-state index in [-0.39, 0.29) is 23.8 Å². The number of nitrogens with one attached hydrogen (secondary N) is 1. The summed E-state index contributed by atoms with van der Waals surface area (Å²) in [5.41, 5.74) is 0.485. The number of urea groups is 1. The second kappa shape index (κ2) is 12.7. The molecule has 1 aliphatic rings. The summed E-state index contributed by atoms with van der Waals surface area (Å²) in [4.78, 5) is 39.1. The summed E-state index contributed by atoms with van der Waals surface area (Å²) in [5.74, 6) is 0.418. The molecule has 4 amide bonds. The number of methoxy groups -OCH3 is 1. The predicted octanol–water partition coefficient (Wildman–Crippen LogP) is 5.63. The van der Waals surface area contributed by atoms with Crippen LogP contribution in [0.15, 0.2) is 70.7 Å². The monoisotopic (exact) mass is 614 g/mol. The lowest BCUT2D eigenvalue weighted by Crippen LogP contribution is -2.54. The number of barbiturate groups is 1. The van der Waals surface area contributed by atoms with Gasteiger partial charge in [0.15, 0.2) is 11.5 Å². The maximum atomic E-state index is 13.2. The Morgan fingerprint density at radius 2 is 1.59 bits per heavy atom. The smallest absolute Gasteiger partial charge is 0.335 e. The van der Waals surface area contributed by atoms with Crippen molar-refractivity contribution < 1.29 is 33.3 Å². The number of hydrogen-bond donors (Lipinski definition) is 1. The topological polar surface area (TPSA) is 103 Å². The molecule has 0 unspecified atom stereocenters. The van der Waals surface area contributed by atoms with Crippen LogP contribution in [0.3, 0.4) is 0 Å². The number of ether oxygens (including phenoxy) is 4. The first-order valence-electron chi connectivity index (χ1n) is 11.8. The summed E-state index contributed by atoms with van der Waals surface area (Å²) in [6.45, 7) is 2.54. The standard InChI is InChI=1S/C28H24BrClN2O7/c1-3-37-24-16-17(15-23(30)25(24)39-13-12-38-21-10-8-20(36-2)9-11-21)14-22-26(33)31-28(35)32(27(22)34)19-6-4-18(29)5-7-19/h4-11,14-16H,3,12-13H2,1-2H3,(H,31,33,35)/b22-14-. The molecule has 0 atom stereocenters. The summed E-state index contributed by atoms with van der Waals surface area (Å²) >= 11 is 9.83. The van der Waals surface area contributed by atoms with Crippen LogP contribution in [0, 0.1) is 0 Å². The maximum Gasteiger partial charge on any atom is 0.335 e. The highest BCUT2D eigenvalue weighted by atomic mass is 79.9. The van der Waals surface area contributed by atoms with Gasteiger partial charge in [-0.1, -0.05) is 27.5 Å². The Bertz CT molecular complexity index is 1410. The highest BCUT2D eigenvalue weighted by Gasteiger charge is 2.36. The number of nitrogens with zero attached hydrogens (tertiary/aromatic N) is 1. The molecule has 3 aromatic carbocycles. The van der Waals surface area contributed by atoms with Gasteiger partial charge in [0.1, 0.15) is 30.3 Å². The Morgan fingerprint density at radius 3 is 2.26 bits per heavy atom. The van der Waals surface area contributed by atoms with Crippen molar-refractivity contribution in [3.63, 3.8) is 0 Å². The fourth-order valence-electron chi connectivity index (χ4n) is 3.70. The lowest BCUT2D eigenvalue weighted by atomic mass is 10.1. The molecule has 3 aromatic rings. The van der Waals surface area contributed by atoms with E-state index in [0.29, 0.717) is 35.1 Å². The second-order valence-corrected chi connectivity index (χ2v) is 9.39. The van der Waals surface area contributed by atoms with Crippen LogP contribution in [-0.4, -0.2) is 44.8 Å². The van der Waals surface area contributed by atoms with Crippen molar-refractivity contribution in [2.45, 2.75) is 6.92 Å². The number of hydrogen-bond acceptors (Lipinski definition) is 7. The Morgan fingerprint density at radius 1 is 0.923 bits per heavy atom. The molecule has 0 radical (unpaired) electrons. The summed E-state index contributed by atoms with van der Waals surface area (Å²) in [6, 6.07) is 16.0. The molecule has 1 heterocycles. The average molecular weight is 616 g/mol. The van der Waals surface area contributed by atoms with Crippen molar-refractivity contribution in [2.75, 3.05) is 31.8 Å². The van der Waals surface area contributed by atoms with E-state index in [4.69, 9.17) is 30.5 Å². The van der Waals surface area contributed by atoms with Crippen LogP contribution in [0.5, 0.6) is 23.0 Å². The van der Waals surface area contributed by atoms with Crippen LogP contribution in [0.2, 0.25) is 5.02 Å². The Kier molecular flexibility index (Phi) is 9.11. The van der Waals surface area contributed by atoms with E-state index in [0.717, 1.165) is 15.1 Å². The van der Waals surface area contributed by atoms with Crippen LogP contribution in [0.4, 0.5) is 10.5 Å². The zero-order valence-corrected chi connectivity index (χ0v) is 23.4. The molecule has 0 saturated carbocycles. The molecule has 1 aliphatic heterocycles. The number of carbonyl (C=O) groups excluding carboxylic acids is 3. The van der Waals surface area contributed by atoms with Gasteiger partial charge in [0, 0.05) is 4.47 Å². The van der Waals surface area contributed by atoms with Crippen molar-refractivity contribution in [1.29, 1.82) is 0 Å². The van der Waals surface area contributed by atoms with E-state index in [1.807, 2.05) is 0 Å². The second-order valence-electron chi connectivity index (χ2n) is 8.07. The molecule has 11 heteroatoms. The number of benzene rings is 3. The van der Waals surface area contributed by atoms with Crippen LogP contribution >= 0.6 is 27.5 Å². The molecule has 9 nitrogen and oxygen atoms in total. The van der Waals surface area contributed by atoms with Crippen LogP contribution in [0.25, 0.3) is 6.08 Å². The average Bonchev–Trinajstić information content (AvgIpc) is 2.91. The molecular formula is C28H24BrClN2O7. The van der Waals surface area contributed by atoms with E-state index in [1.165, 1.54) is 12.1 Å². The SMILES string of the molecule is CCOc1cc(/C=C2/C(=O)NC(=O)N(c3ccc(Br)cc3)C2=O)cc(Cl)c1OCCOc1ccc(OC)cc1. The summed E-state index contributed by atoms with van der Waals surface area (Å²) in [6.07, 6.45) is 1.35. The van der Waals surface area contributed by atoms with Crippen molar-refractivity contribution >= 4 is 57.1 Å². The fourth-order valence-corrected chi connectivity index (χ4v) is 4.24. The lowest BCUT2D eigenvalue weighted by Gasteiger charge is -2.26. The van der Waals surface area contributed by atoms with Gasteiger partial charge in [0.05, 0.1) is 24.4 Å². The van der Waals surface area contributed by atoms with Gasteiger partial charge in [-0.25, -0.2) is 9.69 Å². The van der Waals surface area contributed by atoms with Gasteiger partial charge in [-0.2, -0.15) is 0 Å². The molecule has 0 aromatic heterocycles. The van der Waals surface area contributed by atoms with Crippen molar-refractivity contribution in [1.82, 2.24) is 5.32 Å². The van der Waals surface area contributed by atoms with Crippen LogP contribution in [-0.2, 0) is 9.59 Å². The lowest BCUT2D eigenvalue weighted by molar-refractivity contribution is -0.122. The Labute approximate surface area is 238 Å². The van der Waals surface area contributed by atoms with Gasteiger partial charge in [-0.15, -0.1) is 0 Å². The molecule has 1 fully saturated rings. The number of carbonyl (C=O) groups is 3. The molecule has 1 saturated heterocycles. The zero-order valence-electron chi connectivity index (χ0n) is 21.0. The van der Waals surface area contributed by atoms with Gasteiger partial charge in [-0.3, -0.25) is 14.9 Å². The predicted molar refractivity (Wildman–Crippen MR) is 150 cm³/mol. The summed E-state index contributed by atoms with van der Waals surface area (Å²) in [7, 11) is 1.59. The first-order chi connectivity index (χ1) is 18.8. The summed E-state index contributed by atoms with van der Waals surface area (Å²) in [5, 5.41) is 2.41. The largest absolute Gasteiger partial charge is 0.497 e. The summed E-state index contributed by atoms with van der Waals surface area (Å²) < 4.78 is 23.1. The maximum absolute atomic E-state index is 13.2. The van der Waals surface area contributed by atoms with E-state index in [1.54, 1.807) is 68.6 Å². The van der Waals surface area contributed by atoms with E-state index in [2.05, 4.69) is 21.2 Å². The molecule has 0 spiro atoms. The fraction of sp³-hybridized carbons (Fsp3) is 0.179. The number of halogens is 2. The molecule has 1 N–H and O–H groups in total. The molecule has 202 valence electrons. The highest BCUT2D eigenvalue weighted by Crippen LogP contribution is 2.37. The van der Waals surface area contributed by atoms with Gasteiger partial charge in [-0.05, 0) is 79.2 Å². The third-order valence-corrected chi connectivity index (χ3v) is 6.30. The minimum atomic E-state index is -0.835. The minimum Gasteiger partial charge on any atom is -0.497 e. The first kappa shape index (κ1) is 28.0. The number of amides is 4. The van der Waals surface area contributed by atoms with E-state index in [9.17, 15) is 14.4 Å². The molecule has 39 heavy (non-hydrogen) atoms. The van der Waals surface area contributed by atoms with Gasteiger partial charge < -0.3 is 18.9 Å². The van der Waals surface area contributed by atoms with Crippen molar-refractivity contribution in [3.05, 3.63) is 81.3 Å². The zero-order chi connectivity index (χ0) is 27.9. The number of imide groups is 2. The third-order valence-electron chi connectivity index (χ3n) is 5.49. The molecule has 0 aliphatic carbocycles. The number of anilines is 1. The first-order valence-corrected chi connectivity index (χ1v) is 13.0. The quantitative estimate of drug-likeness (QED) is 0.179. The normalized spacial score (nSPS) is 14.3. The highest BCUT2D eigenvalue weighted by molar-refractivity contribution is 9.10. The van der Waals surface area contributed by atoms with Crippen LogP contribution in [0.1, 0.15) is 12.5 Å². The Hall–Kier alpha value is -4.02.